The van der Waals surface area contributed by atoms with Gasteiger partial charge in [0.2, 0.25) is 0 Å². The Morgan fingerprint density at radius 3 is 2.44 bits per heavy atom. The zero-order chi connectivity index (χ0) is 20.4. The van der Waals surface area contributed by atoms with Gasteiger partial charge in [-0.25, -0.2) is 4.39 Å². The molecule has 0 radical (unpaired) electrons. The molecular formula is C23H34FN2O+. The van der Waals surface area contributed by atoms with Crippen molar-refractivity contribution in [2.75, 3.05) is 11.9 Å². The second kappa shape index (κ2) is 10.7. The third-order valence-corrected chi connectivity index (χ3v) is 4.78. The number of phenolic OH excluding ortho intramolecular Hbond substituents is 1. The van der Waals surface area contributed by atoms with Crippen LogP contribution >= 0.6 is 0 Å². The lowest BCUT2D eigenvalue weighted by molar-refractivity contribution is -0.256. The van der Waals surface area contributed by atoms with Crippen LogP contribution in [0.1, 0.15) is 58.6 Å². The van der Waals surface area contributed by atoms with Gasteiger partial charge in [-0.3, -0.25) is 0 Å². The lowest BCUT2D eigenvalue weighted by Gasteiger charge is -2.27. The number of halogens is 1. The summed E-state index contributed by atoms with van der Waals surface area (Å²) in [6, 6.07) is 10.3. The normalized spacial score (nSPS) is 13.0. The summed E-state index contributed by atoms with van der Waals surface area (Å²) in [5, 5.41) is 13.3. The van der Waals surface area contributed by atoms with E-state index in [1.807, 2.05) is 45.1 Å². The molecule has 0 aliphatic carbocycles. The van der Waals surface area contributed by atoms with Gasteiger partial charge in [0.05, 0.1) is 0 Å². The fraction of sp³-hybridized carbons (Fsp3) is 0.391. The minimum absolute atomic E-state index is 0.199. The molecule has 5 N–H and O–H groups in total. The van der Waals surface area contributed by atoms with E-state index in [-0.39, 0.29) is 17.0 Å². The predicted molar refractivity (Wildman–Crippen MR) is 114 cm³/mol. The van der Waals surface area contributed by atoms with Gasteiger partial charge in [0, 0.05) is 40.9 Å². The molecule has 1 atom stereocenters. The van der Waals surface area contributed by atoms with Crippen LogP contribution in [0.25, 0.3) is 6.08 Å². The first kappa shape index (κ1) is 22.7. The molecule has 0 aromatic heterocycles. The van der Waals surface area contributed by atoms with Crippen LogP contribution in [0.5, 0.6) is 5.75 Å². The van der Waals surface area contributed by atoms with Gasteiger partial charge in [0.25, 0.3) is 0 Å². The number of hydrogen-bond donors (Lipinski definition) is 3. The summed E-state index contributed by atoms with van der Waals surface area (Å²) >= 11 is 0. The maximum Gasteiger partial charge on any atom is 0.131 e. The Labute approximate surface area is 163 Å². The van der Waals surface area contributed by atoms with Crippen molar-refractivity contribution in [2.45, 2.75) is 52.9 Å². The first-order valence-corrected chi connectivity index (χ1v) is 9.75. The molecule has 0 aliphatic rings. The number of benzene rings is 2. The number of rotatable bonds is 7. The molecule has 148 valence electrons. The predicted octanol–water partition coefficient (Wildman–Crippen LogP) is 5.63. The van der Waals surface area contributed by atoms with Crippen molar-refractivity contribution in [3.8, 4) is 5.75 Å². The average molecular weight is 374 g/mol. The quantitative estimate of drug-likeness (QED) is 0.589. The Hall–Kier alpha value is -2.33. The monoisotopic (exact) mass is 373 g/mol. The van der Waals surface area contributed by atoms with E-state index in [4.69, 9.17) is 0 Å². The molecule has 27 heavy (non-hydrogen) atoms. The van der Waals surface area contributed by atoms with E-state index in [1.54, 1.807) is 18.2 Å². The van der Waals surface area contributed by atoms with Crippen LogP contribution in [-0.4, -0.2) is 11.7 Å². The summed E-state index contributed by atoms with van der Waals surface area (Å²) in [5.41, 5.74) is 7.31. The van der Waals surface area contributed by atoms with E-state index in [2.05, 4.69) is 24.9 Å². The van der Waals surface area contributed by atoms with Crippen molar-refractivity contribution < 1.29 is 15.2 Å². The highest BCUT2D eigenvalue weighted by atomic mass is 19.1. The molecule has 0 aliphatic heterocycles. The van der Waals surface area contributed by atoms with Crippen LogP contribution in [0.4, 0.5) is 15.8 Å². The average Bonchev–Trinajstić information content (AvgIpc) is 2.67. The summed E-state index contributed by atoms with van der Waals surface area (Å²) in [7, 11) is 0. The smallest absolute Gasteiger partial charge is 0.131 e. The summed E-state index contributed by atoms with van der Waals surface area (Å²) in [6.07, 6.45) is 5.56. The van der Waals surface area contributed by atoms with Gasteiger partial charge in [0.15, 0.2) is 0 Å². The molecule has 2 aromatic rings. The van der Waals surface area contributed by atoms with E-state index >= 15 is 0 Å². The minimum atomic E-state index is -0.234. The van der Waals surface area contributed by atoms with Crippen molar-refractivity contribution in [1.82, 2.24) is 0 Å². The molecule has 2 rings (SSSR count). The van der Waals surface area contributed by atoms with E-state index in [0.717, 1.165) is 41.9 Å². The minimum Gasteiger partial charge on any atom is -0.507 e. The third kappa shape index (κ3) is 6.10. The molecule has 0 saturated heterocycles. The van der Waals surface area contributed by atoms with Gasteiger partial charge in [-0.05, 0) is 44.0 Å². The zero-order valence-electron chi connectivity index (χ0n) is 17.3. The zero-order valence-corrected chi connectivity index (χ0v) is 17.3. The Bertz CT molecular complexity index is 758. The highest BCUT2D eigenvalue weighted by molar-refractivity contribution is 5.62. The summed E-state index contributed by atoms with van der Waals surface area (Å²) in [4.78, 5) is 0. The van der Waals surface area contributed by atoms with Crippen molar-refractivity contribution in [3.63, 3.8) is 0 Å². The second-order valence-electron chi connectivity index (χ2n) is 6.63. The van der Waals surface area contributed by atoms with Crippen molar-refractivity contribution in [1.29, 1.82) is 0 Å². The van der Waals surface area contributed by atoms with E-state index in [0.29, 0.717) is 0 Å². The van der Waals surface area contributed by atoms with E-state index in [9.17, 15) is 9.50 Å². The van der Waals surface area contributed by atoms with Crippen LogP contribution in [-0.2, 0) is 5.41 Å². The molecule has 0 fully saturated rings. The Balaban J connectivity index is 0.00000176. The van der Waals surface area contributed by atoms with Gasteiger partial charge in [0.1, 0.15) is 17.3 Å². The Kier molecular flexibility index (Phi) is 9.03. The van der Waals surface area contributed by atoms with Crippen LogP contribution in [0, 0.1) is 5.82 Å². The maximum absolute atomic E-state index is 13.7. The topological polar surface area (TPSA) is 59.9 Å². The lowest BCUT2D eigenvalue weighted by Crippen LogP contribution is -2.43. The lowest BCUT2D eigenvalue weighted by atomic mass is 9.76. The second-order valence-corrected chi connectivity index (χ2v) is 6.63. The van der Waals surface area contributed by atoms with Crippen molar-refractivity contribution in [2.24, 2.45) is 0 Å². The number of nitrogens with one attached hydrogen (secondary N) is 1. The highest BCUT2D eigenvalue weighted by Gasteiger charge is 2.27. The number of aromatic hydroxyl groups is 1. The molecule has 0 spiro atoms. The SMILES string of the molecule is CC.CCNc1ccc(/C=C/CC(C)(CC)c2cc(F)ccc2[NH3+])c(O)c1. The molecule has 1 unspecified atom stereocenters. The summed E-state index contributed by atoms with van der Waals surface area (Å²) in [5.74, 6) is 0.0132. The summed E-state index contributed by atoms with van der Waals surface area (Å²) < 4.78 is 13.7. The number of quaternary nitrogens is 1. The first-order valence-electron chi connectivity index (χ1n) is 9.75. The fourth-order valence-corrected chi connectivity index (χ4v) is 3.00. The van der Waals surface area contributed by atoms with E-state index in [1.165, 1.54) is 6.07 Å². The van der Waals surface area contributed by atoms with Crippen LogP contribution < -0.4 is 11.1 Å². The van der Waals surface area contributed by atoms with Gasteiger partial charge in [-0.2, -0.15) is 0 Å². The Morgan fingerprint density at radius 2 is 1.85 bits per heavy atom. The number of allylic oxidation sites excluding steroid dienone is 1. The molecule has 0 amide bonds. The van der Waals surface area contributed by atoms with Crippen LogP contribution in [0.15, 0.2) is 42.5 Å². The number of anilines is 1. The Morgan fingerprint density at radius 1 is 1.15 bits per heavy atom. The number of phenols is 1. The third-order valence-electron chi connectivity index (χ3n) is 4.78. The fourth-order valence-electron chi connectivity index (χ4n) is 3.00. The van der Waals surface area contributed by atoms with Crippen molar-refractivity contribution in [3.05, 3.63) is 59.4 Å². The molecule has 3 nitrogen and oxygen atoms in total. The van der Waals surface area contributed by atoms with Crippen LogP contribution in [0.2, 0.25) is 0 Å². The maximum atomic E-state index is 13.7. The van der Waals surface area contributed by atoms with Crippen LogP contribution in [0.3, 0.4) is 0 Å². The van der Waals surface area contributed by atoms with Gasteiger partial charge in [-0.15, -0.1) is 0 Å². The highest BCUT2D eigenvalue weighted by Crippen LogP contribution is 2.35. The molecule has 4 heteroatoms. The molecule has 0 saturated carbocycles. The van der Waals surface area contributed by atoms with Gasteiger partial charge < -0.3 is 16.2 Å². The molecule has 2 aromatic carbocycles. The molecular weight excluding hydrogens is 339 g/mol. The largest absolute Gasteiger partial charge is 0.507 e. The van der Waals surface area contributed by atoms with E-state index < -0.39 is 0 Å². The standard InChI is InChI=1S/C21H27FN2O.C2H6/c1-4-21(3,18-13-16(22)9-11-19(18)23)12-6-7-15-8-10-17(24-5-2)14-20(15)25;1-2/h6-11,13-14,24-25H,4-5,12,23H2,1-3H3;1-2H3/p+1/b7-6+;. The van der Waals surface area contributed by atoms with Gasteiger partial charge >= 0.3 is 0 Å². The molecule has 0 heterocycles. The number of hydrogen-bond acceptors (Lipinski definition) is 2. The summed E-state index contributed by atoms with van der Waals surface area (Å²) in [6.45, 7) is 11.0. The first-order chi connectivity index (χ1) is 12.9. The molecule has 0 bridgehead atoms. The van der Waals surface area contributed by atoms with Gasteiger partial charge in [-0.1, -0.05) is 39.8 Å². The van der Waals surface area contributed by atoms with Crippen molar-refractivity contribution >= 4 is 17.5 Å².